The molecule has 1 rings (SSSR count). The molecule has 0 atom stereocenters. The largest absolute Gasteiger partial charge is 0.496 e. The van der Waals surface area contributed by atoms with Crippen molar-refractivity contribution in [3.05, 3.63) is 29.8 Å². The van der Waals surface area contributed by atoms with Crippen molar-refractivity contribution in [2.75, 3.05) is 7.11 Å². The van der Waals surface area contributed by atoms with Gasteiger partial charge in [-0.1, -0.05) is 6.07 Å². The summed E-state index contributed by atoms with van der Waals surface area (Å²) in [4.78, 5) is 10.4. The summed E-state index contributed by atoms with van der Waals surface area (Å²) in [5.74, 6) is -0.274. The van der Waals surface area contributed by atoms with Crippen LogP contribution in [-0.2, 0) is 11.2 Å². The Morgan fingerprint density at radius 3 is 3.08 bits per heavy atom. The molecule has 0 unspecified atom stereocenters. The van der Waals surface area contributed by atoms with Gasteiger partial charge in [0, 0.05) is 5.56 Å². The van der Waals surface area contributed by atoms with E-state index in [1.54, 1.807) is 18.2 Å². The van der Waals surface area contributed by atoms with Crippen LogP contribution in [0.3, 0.4) is 0 Å². The van der Waals surface area contributed by atoms with E-state index in [1.165, 1.54) is 7.11 Å². The molecule has 0 aliphatic rings. The average molecular weight is 165 g/mol. The van der Waals surface area contributed by atoms with E-state index in [4.69, 9.17) is 9.84 Å². The van der Waals surface area contributed by atoms with Gasteiger partial charge in [0.25, 0.3) is 0 Å². The van der Waals surface area contributed by atoms with Crippen molar-refractivity contribution in [3.63, 3.8) is 0 Å². The quantitative estimate of drug-likeness (QED) is 0.730. The summed E-state index contributed by atoms with van der Waals surface area (Å²) in [5.41, 5.74) is 0.646. The van der Waals surface area contributed by atoms with Crippen molar-refractivity contribution in [1.29, 1.82) is 0 Å². The van der Waals surface area contributed by atoms with Gasteiger partial charge < -0.3 is 9.84 Å². The Labute approximate surface area is 70.6 Å². The number of aliphatic carboxylic acids is 1. The molecule has 0 bridgehead atoms. The van der Waals surface area contributed by atoms with Gasteiger partial charge in [0.1, 0.15) is 5.75 Å². The lowest BCUT2D eigenvalue weighted by Gasteiger charge is -2.04. The number of carbonyl (C=O) groups is 1. The summed E-state index contributed by atoms with van der Waals surface area (Å²) in [7, 11) is 1.51. The standard InChI is InChI=1S/C9H9O3/c1-12-8-5-3-2-4-7(8)6-9(10)11/h3-5H,6H2,1H3,(H,10,11). The highest BCUT2D eigenvalue weighted by Gasteiger charge is 2.05. The van der Waals surface area contributed by atoms with Crippen LogP contribution in [-0.4, -0.2) is 18.2 Å². The third-order valence-electron chi connectivity index (χ3n) is 1.47. The van der Waals surface area contributed by atoms with E-state index in [1.807, 2.05) is 0 Å². The normalized spacial score (nSPS) is 9.42. The highest BCUT2D eigenvalue weighted by atomic mass is 16.5. The molecule has 0 fully saturated rings. The van der Waals surface area contributed by atoms with Crippen LogP contribution in [0.1, 0.15) is 5.56 Å². The molecule has 12 heavy (non-hydrogen) atoms. The van der Waals surface area contributed by atoms with Gasteiger partial charge in [0.05, 0.1) is 13.5 Å². The first-order valence-corrected chi connectivity index (χ1v) is 3.49. The number of carboxylic acid groups (broad SMARTS) is 1. The third kappa shape index (κ3) is 1.99. The monoisotopic (exact) mass is 165 g/mol. The van der Waals surface area contributed by atoms with Crippen molar-refractivity contribution in [2.45, 2.75) is 6.42 Å². The second-order valence-electron chi connectivity index (χ2n) is 2.31. The molecule has 0 spiro atoms. The summed E-state index contributed by atoms with van der Waals surface area (Å²) >= 11 is 0. The summed E-state index contributed by atoms with van der Waals surface area (Å²) in [6.45, 7) is 0. The smallest absolute Gasteiger partial charge is 0.307 e. The molecule has 0 aliphatic carbocycles. The second-order valence-corrected chi connectivity index (χ2v) is 2.31. The van der Waals surface area contributed by atoms with Crippen LogP contribution < -0.4 is 4.74 Å². The Balaban J connectivity index is 2.89. The minimum absolute atomic E-state index is 0.0273. The molecule has 0 heterocycles. The molecule has 0 aliphatic heterocycles. The minimum atomic E-state index is -0.868. The van der Waals surface area contributed by atoms with Gasteiger partial charge in [-0.2, -0.15) is 0 Å². The Hall–Kier alpha value is -1.51. The zero-order valence-corrected chi connectivity index (χ0v) is 6.70. The van der Waals surface area contributed by atoms with E-state index in [2.05, 4.69) is 6.07 Å². The molecule has 63 valence electrons. The summed E-state index contributed by atoms with van der Waals surface area (Å²) < 4.78 is 4.96. The Morgan fingerprint density at radius 1 is 1.75 bits per heavy atom. The average Bonchev–Trinajstić information content (AvgIpc) is 2.04. The highest BCUT2D eigenvalue weighted by Crippen LogP contribution is 2.16. The van der Waals surface area contributed by atoms with Gasteiger partial charge in [-0.3, -0.25) is 4.79 Å². The van der Waals surface area contributed by atoms with Crippen LogP contribution >= 0.6 is 0 Å². The van der Waals surface area contributed by atoms with Crippen molar-refractivity contribution < 1.29 is 14.6 Å². The number of rotatable bonds is 3. The molecule has 0 saturated carbocycles. The molecule has 1 aromatic carbocycles. The van der Waals surface area contributed by atoms with E-state index in [0.717, 1.165) is 0 Å². The molecule has 0 amide bonds. The van der Waals surface area contributed by atoms with E-state index in [9.17, 15) is 4.79 Å². The SMILES string of the molecule is COc1cc[c]cc1CC(=O)O. The summed E-state index contributed by atoms with van der Waals surface area (Å²) in [6, 6.07) is 7.79. The van der Waals surface area contributed by atoms with Crippen LogP contribution in [0.4, 0.5) is 0 Å². The van der Waals surface area contributed by atoms with Crippen molar-refractivity contribution >= 4 is 5.97 Å². The lowest BCUT2D eigenvalue weighted by Crippen LogP contribution is -2.01. The van der Waals surface area contributed by atoms with Gasteiger partial charge in [0.15, 0.2) is 0 Å². The van der Waals surface area contributed by atoms with E-state index in [0.29, 0.717) is 11.3 Å². The van der Waals surface area contributed by atoms with Crippen molar-refractivity contribution in [1.82, 2.24) is 0 Å². The molecule has 1 aromatic rings. The van der Waals surface area contributed by atoms with Gasteiger partial charge in [-0.05, 0) is 18.2 Å². The fourth-order valence-electron chi connectivity index (χ4n) is 0.951. The van der Waals surface area contributed by atoms with Crippen molar-refractivity contribution in [3.8, 4) is 5.75 Å². The van der Waals surface area contributed by atoms with Gasteiger partial charge in [-0.15, -0.1) is 0 Å². The number of benzene rings is 1. The Morgan fingerprint density at radius 2 is 2.50 bits per heavy atom. The Kier molecular flexibility index (Phi) is 2.69. The van der Waals surface area contributed by atoms with E-state index >= 15 is 0 Å². The number of carboxylic acids is 1. The van der Waals surface area contributed by atoms with Crippen LogP contribution in [0.25, 0.3) is 0 Å². The topological polar surface area (TPSA) is 46.5 Å². The summed E-state index contributed by atoms with van der Waals surface area (Å²) in [6.07, 6.45) is -0.0273. The zero-order chi connectivity index (χ0) is 8.97. The minimum Gasteiger partial charge on any atom is -0.496 e. The van der Waals surface area contributed by atoms with Gasteiger partial charge in [-0.25, -0.2) is 0 Å². The third-order valence-corrected chi connectivity index (χ3v) is 1.47. The number of hydrogen-bond acceptors (Lipinski definition) is 2. The number of methoxy groups -OCH3 is 1. The maximum Gasteiger partial charge on any atom is 0.307 e. The summed E-state index contributed by atoms with van der Waals surface area (Å²) in [5, 5.41) is 8.52. The molecule has 0 aromatic heterocycles. The lowest BCUT2D eigenvalue weighted by molar-refractivity contribution is -0.136. The van der Waals surface area contributed by atoms with E-state index < -0.39 is 5.97 Å². The lowest BCUT2D eigenvalue weighted by atomic mass is 10.1. The molecular formula is C9H9O3. The molecular weight excluding hydrogens is 156 g/mol. The molecule has 3 heteroatoms. The fourth-order valence-corrected chi connectivity index (χ4v) is 0.951. The molecule has 1 radical (unpaired) electrons. The first-order chi connectivity index (χ1) is 5.74. The highest BCUT2D eigenvalue weighted by molar-refractivity contribution is 5.71. The maximum atomic E-state index is 10.4. The number of ether oxygens (including phenoxy) is 1. The van der Waals surface area contributed by atoms with Crippen LogP contribution in [0.2, 0.25) is 0 Å². The predicted molar refractivity (Wildman–Crippen MR) is 43.2 cm³/mol. The first-order valence-electron chi connectivity index (χ1n) is 3.49. The molecule has 3 nitrogen and oxygen atoms in total. The van der Waals surface area contributed by atoms with Gasteiger partial charge >= 0.3 is 5.97 Å². The van der Waals surface area contributed by atoms with Gasteiger partial charge in [0.2, 0.25) is 0 Å². The number of hydrogen-bond donors (Lipinski definition) is 1. The maximum absolute atomic E-state index is 10.4. The second kappa shape index (κ2) is 3.76. The first kappa shape index (κ1) is 8.59. The molecule has 1 N–H and O–H groups in total. The van der Waals surface area contributed by atoms with Crippen LogP contribution in [0.15, 0.2) is 18.2 Å². The molecule has 0 saturated heterocycles. The zero-order valence-electron chi connectivity index (χ0n) is 6.70. The van der Waals surface area contributed by atoms with Crippen LogP contribution in [0, 0.1) is 6.07 Å². The predicted octanol–water partition coefficient (Wildman–Crippen LogP) is 1.12. The fraction of sp³-hybridized carbons (Fsp3) is 0.222. The van der Waals surface area contributed by atoms with Crippen molar-refractivity contribution in [2.24, 2.45) is 0 Å². The van der Waals surface area contributed by atoms with Crippen LogP contribution in [0.5, 0.6) is 5.75 Å². The Bertz CT molecular complexity index is 281. The van der Waals surface area contributed by atoms with E-state index in [-0.39, 0.29) is 6.42 Å².